The summed E-state index contributed by atoms with van der Waals surface area (Å²) in [5.41, 5.74) is 6.17. The molecular weight excluding hydrogens is 310 g/mol. The van der Waals surface area contributed by atoms with Crippen LogP contribution in [0.25, 0.3) is 11.3 Å². The topological polar surface area (TPSA) is 49.9 Å². The maximum absolute atomic E-state index is 12.2. The number of hydrogen-bond acceptors (Lipinski definition) is 2. The molecule has 0 aliphatic heterocycles. The molecule has 1 N–H and O–H groups in total. The average Bonchev–Trinajstić information content (AvgIpc) is 2.95. The highest BCUT2D eigenvalue weighted by atomic mass is 16.1. The van der Waals surface area contributed by atoms with Crippen LogP contribution in [0.15, 0.2) is 24.3 Å². The van der Waals surface area contributed by atoms with E-state index in [1.807, 2.05) is 19.9 Å². The molecule has 2 aromatic rings. The predicted octanol–water partition coefficient (Wildman–Crippen LogP) is 5.33. The molecule has 3 heteroatoms. The van der Waals surface area contributed by atoms with Gasteiger partial charge in [0.2, 0.25) is 0 Å². The number of Topliss-reactive ketones (excluding diaryl/α,β-unsaturated/α-hetero) is 2. The molecule has 0 saturated heterocycles. The molecule has 1 aliphatic rings. The van der Waals surface area contributed by atoms with Crippen LogP contribution in [0.3, 0.4) is 0 Å². The molecule has 132 valence electrons. The molecule has 1 aromatic carbocycles. The van der Waals surface area contributed by atoms with E-state index >= 15 is 0 Å². The van der Waals surface area contributed by atoms with Crippen molar-refractivity contribution in [3.05, 3.63) is 46.6 Å². The van der Waals surface area contributed by atoms with Gasteiger partial charge in [-0.05, 0) is 60.9 Å². The van der Waals surface area contributed by atoms with Crippen molar-refractivity contribution < 1.29 is 9.59 Å². The summed E-state index contributed by atoms with van der Waals surface area (Å²) in [6.45, 7) is 10.0. The highest BCUT2D eigenvalue weighted by Crippen LogP contribution is 2.44. The zero-order valence-electron chi connectivity index (χ0n) is 15.8. The fraction of sp³-hybridized carbons (Fsp3) is 0.455. The summed E-state index contributed by atoms with van der Waals surface area (Å²) in [5.74, 6) is 0.370. The Hall–Kier alpha value is -2.16. The van der Waals surface area contributed by atoms with Crippen molar-refractivity contribution in [2.45, 2.75) is 65.2 Å². The van der Waals surface area contributed by atoms with E-state index in [0.29, 0.717) is 6.42 Å². The fourth-order valence-electron chi connectivity index (χ4n) is 4.05. The van der Waals surface area contributed by atoms with E-state index in [-0.39, 0.29) is 22.9 Å². The Labute approximate surface area is 149 Å². The molecule has 1 atom stereocenters. The summed E-state index contributed by atoms with van der Waals surface area (Å²) in [5, 5.41) is 0. The lowest BCUT2D eigenvalue weighted by molar-refractivity contribution is -0.118. The van der Waals surface area contributed by atoms with Crippen LogP contribution >= 0.6 is 0 Å². The van der Waals surface area contributed by atoms with Crippen LogP contribution in [0.4, 0.5) is 0 Å². The molecule has 1 aromatic heterocycles. The van der Waals surface area contributed by atoms with Gasteiger partial charge in [-0.3, -0.25) is 9.59 Å². The van der Waals surface area contributed by atoms with Crippen LogP contribution in [-0.2, 0) is 10.2 Å². The monoisotopic (exact) mass is 337 g/mol. The summed E-state index contributed by atoms with van der Waals surface area (Å²) in [4.78, 5) is 27.6. The largest absolute Gasteiger partial charge is 0.358 e. The molecule has 3 nitrogen and oxygen atoms in total. The zero-order valence-corrected chi connectivity index (χ0v) is 15.8. The first-order chi connectivity index (χ1) is 11.7. The Morgan fingerprint density at radius 2 is 1.96 bits per heavy atom. The van der Waals surface area contributed by atoms with Crippen molar-refractivity contribution >= 4 is 11.6 Å². The molecule has 1 unspecified atom stereocenters. The van der Waals surface area contributed by atoms with Gasteiger partial charge in [0, 0.05) is 29.3 Å². The number of nitrogens with one attached hydrogen (secondary N) is 1. The van der Waals surface area contributed by atoms with Gasteiger partial charge in [-0.25, -0.2) is 0 Å². The minimum Gasteiger partial charge on any atom is -0.358 e. The molecule has 0 fully saturated rings. The average molecular weight is 337 g/mol. The van der Waals surface area contributed by atoms with Gasteiger partial charge in [0.15, 0.2) is 5.78 Å². The normalized spacial score (nSPS) is 18.7. The second-order valence-electron chi connectivity index (χ2n) is 7.89. The molecule has 1 heterocycles. The number of benzene rings is 1. The second kappa shape index (κ2) is 6.29. The standard InChI is InChI=1S/C22H27NO2/c1-6-21(25)17-12-20(23-13(17)2)15-7-8-19-18(11-15)16(14(3)24)9-10-22(19,4)5/h7-8,11-12,16,23H,6,9-10H2,1-5H3. The molecule has 1 aliphatic carbocycles. The van der Waals surface area contributed by atoms with Crippen LogP contribution in [0, 0.1) is 6.92 Å². The van der Waals surface area contributed by atoms with Gasteiger partial charge >= 0.3 is 0 Å². The van der Waals surface area contributed by atoms with Gasteiger partial charge < -0.3 is 4.98 Å². The van der Waals surface area contributed by atoms with Crippen molar-refractivity contribution in [2.75, 3.05) is 0 Å². The number of rotatable bonds is 4. The number of ketones is 2. The van der Waals surface area contributed by atoms with Gasteiger partial charge in [0.25, 0.3) is 0 Å². The van der Waals surface area contributed by atoms with Crippen LogP contribution in [0.5, 0.6) is 0 Å². The second-order valence-corrected chi connectivity index (χ2v) is 7.89. The third-order valence-corrected chi connectivity index (χ3v) is 5.65. The summed E-state index contributed by atoms with van der Waals surface area (Å²) in [6, 6.07) is 8.36. The van der Waals surface area contributed by atoms with Crippen molar-refractivity contribution in [1.82, 2.24) is 4.98 Å². The van der Waals surface area contributed by atoms with Crippen molar-refractivity contribution in [3.8, 4) is 11.3 Å². The zero-order chi connectivity index (χ0) is 18.4. The Kier molecular flexibility index (Phi) is 4.44. The lowest BCUT2D eigenvalue weighted by atomic mass is 9.67. The van der Waals surface area contributed by atoms with Crippen LogP contribution < -0.4 is 0 Å². The van der Waals surface area contributed by atoms with E-state index in [1.165, 1.54) is 5.56 Å². The number of aromatic nitrogens is 1. The van der Waals surface area contributed by atoms with Gasteiger partial charge in [-0.2, -0.15) is 0 Å². The SMILES string of the molecule is CCC(=O)c1cc(-c2ccc3c(c2)C(C(C)=O)CCC3(C)C)[nH]c1C. The number of aromatic amines is 1. The summed E-state index contributed by atoms with van der Waals surface area (Å²) < 4.78 is 0. The maximum Gasteiger partial charge on any atom is 0.164 e. The number of carbonyl (C=O) groups is 2. The Morgan fingerprint density at radius 3 is 2.60 bits per heavy atom. The van der Waals surface area contributed by atoms with E-state index < -0.39 is 0 Å². The molecule has 0 amide bonds. The van der Waals surface area contributed by atoms with E-state index in [4.69, 9.17) is 0 Å². The Morgan fingerprint density at radius 1 is 1.24 bits per heavy atom. The predicted molar refractivity (Wildman–Crippen MR) is 101 cm³/mol. The first-order valence-electron chi connectivity index (χ1n) is 9.12. The highest BCUT2D eigenvalue weighted by Gasteiger charge is 2.34. The number of fused-ring (bicyclic) bond motifs is 1. The van der Waals surface area contributed by atoms with Crippen molar-refractivity contribution in [3.63, 3.8) is 0 Å². The van der Waals surface area contributed by atoms with Crippen molar-refractivity contribution in [2.24, 2.45) is 0 Å². The van der Waals surface area contributed by atoms with Crippen LogP contribution in [0.1, 0.15) is 80.1 Å². The maximum atomic E-state index is 12.2. The lowest BCUT2D eigenvalue weighted by Gasteiger charge is -2.36. The molecule has 3 rings (SSSR count). The number of aryl methyl sites for hydroxylation is 1. The van der Waals surface area contributed by atoms with Crippen LogP contribution in [-0.4, -0.2) is 16.6 Å². The third-order valence-electron chi connectivity index (χ3n) is 5.65. The van der Waals surface area contributed by atoms with E-state index in [1.54, 1.807) is 6.92 Å². The van der Waals surface area contributed by atoms with Gasteiger partial charge in [0.05, 0.1) is 0 Å². The van der Waals surface area contributed by atoms with Gasteiger partial charge in [-0.1, -0.05) is 32.9 Å². The first-order valence-corrected chi connectivity index (χ1v) is 9.12. The molecule has 25 heavy (non-hydrogen) atoms. The number of hydrogen-bond donors (Lipinski definition) is 1. The highest BCUT2D eigenvalue weighted by molar-refractivity contribution is 5.98. The minimum atomic E-state index is -0.0178. The molecular formula is C22H27NO2. The van der Waals surface area contributed by atoms with E-state index in [2.05, 4.69) is 37.0 Å². The first kappa shape index (κ1) is 17.7. The van der Waals surface area contributed by atoms with Crippen LogP contribution in [0.2, 0.25) is 0 Å². The third kappa shape index (κ3) is 3.08. The molecule has 0 saturated carbocycles. The number of carbonyl (C=O) groups excluding carboxylic acids is 2. The minimum absolute atomic E-state index is 0.0178. The molecule has 0 radical (unpaired) electrons. The Bertz CT molecular complexity index is 842. The summed E-state index contributed by atoms with van der Waals surface area (Å²) in [7, 11) is 0. The smallest absolute Gasteiger partial charge is 0.164 e. The van der Waals surface area contributed by atoms with E-state index in [9.17, 15) is 9.59 Å². The Balaban J connectivity index is 2.10. The van der Waals surface area contributed by atoms with Gasteiger partial charge in [-0.15, -0.1) is 0 Å². The quantitative estimate of drug-likeness (QED) is 0.767. The molecule has 0 bridgehead atoms. The fourth-order valence-corrected chi connectivity index (χ4v) is 4.05. The van der Waals surface area contributed by atoms with Gasteiger partial charge in [0.1, 0.15) is 5.78 Å². The lowest BCUT2D eigenvalue weighted by Crippen LogP contribution is -2.28. The molecule has 0 spiro atoms. The van der Waals surface area contributed by atoms with Crippen molar-refractivity contribution in [1.29, 1.82) is 0 Å². The summed E-state index contributed by atoms with van der Waals surface area (Å²) in [6.07, 6.45) is 2.44. The number of H-pyrrole nitrogens is 1. The summed E-state index contributed by atoms with van der Waals surface area (Å²) >= 11 is 0. The van der Waals surface area contributed by atoms with E-state index in [0.717, 1.165) is 40.9 Å².